The molecule has 1 amide bonds. The van der Waals surface area contributed by atoms with Crippen LogP contribution in [0.15, 0.2) is 60.2 Å². The van der Waals surface area contributed by atoms with Crippen LogP contribution in [0.4, 0.5) is 0 Å². The number of ether oxygens (including phenoxy) is 1. The van der Waals surface area contributed by atoms with Gasteiger partial charge in [0.1, 0.15) is 11.4 Å². The Balaban J connectivity index is 1.29. The third-order valence-corrected chi connectivity index (χ3v) is 6.15. The van der Waals surface area contributed by atoms with E-state index < -0.39 is 0 Å². The molecule has 1 aromatic carbocycles. The van der Waals surface area contributed by atoms with Gasteiger partial charge in [-0.1, -0.05) is 12.1 Å². The average molecular weight is 420 g/mol. The molecule has 0 saturated carbocycles. The van der Waals surface area contributed by atoms with Gasteiger partial charge in [-0.3, -0.25) is 4.79 Å². The number of methoxy groups -OCH3 is 1. The molecule has 4 rings (SSSR count). The summed E-state index contributed by atoms with van der Waals surface area (Å²) in [5.74, 6) is 0.901. The maximum absolute atomic E-state index is 12.7. The van der Waals surface area contributed by atoms with E-state index in [4.69, 9.17) is 4.74 Å². The number of hydrogen-bond acceptors (Lipinski definition) is 4. The Kier molecular flexibility index (Phi) is 6.44. The summed E-state index contributed by atoms with van der Waals surface area (Å²) in [6.07, 6.45) is 7.37. The van der Waals surface area contributed by atoms with Gasteiger partial charge in [-0.2, -0.15) is 0 Å². The lowest BCUT2D eigenvalue weighted by Gasteiger charge is -2.08. The summed E-state index contributed by atoms with van der Waals surface area (Å²) in [7, 11) is 1.68. The van der Waals surface area contributed by atoms with Gasteiger partial charge in [0, 0.05) is 24.3 Å². The van der Waals surface area contributed by atoms with Gasteiger partial charge in [0.15, 0.2) is 0 Å². The molecule has 0 unspecified atom stereocenters. The number of aromatic nitrogens is 2. The van der Waals surface area contributed by atoms with Gasteiger partial charge in [-0.15, -0.1) is 11.3 Å². The fourth-order valence-electron chi connectivity index (χ4n) is 3.62. The highest BCUT2D eigenvalue weighted by atomic mass is 32.1. The first-order valence-corrected chi connectivity index (χ1v) is 11.0. The number of nitrogens with zero attached hydrogens (tertiary/aromatic N) is 1. The number of aromatic amines is 1. The second-order valence-electron chi connectivity index (χ2n) is 7.23. The summed E-state index contributed by atoms with van der Waals surface area (Å²) >= 11 is 1.50. The standard InChI is InChI=1S/C24H25N3O2S/c1-29-20-7-4-6-17(15-20)5-2-3-11-27-24(28)22-19(10-14-30-22)16-18-8-12-25-23-21(18)9-13-26-23/h4,6-10,12-15H,2-3,5,11,16H2,1H3,(H,25,26)(H,27,28). The van der Waals surface area contributed by atoms with Crippen LogP contribution in [0.2, 0.25) is 0 Å². The first kappa shape index (κ1) is 20.2. The van der Waals surface area contributed by atoms with E-state index in [1.165, 1.54) is 22.5 Å². The minimum Gasteiger partial charge on any atom is -0.497 e. The lowest BCUT2D eigenvalue weighted by atomic mass is 10.0. The van der Waals surface area contributed by atoms with Crippen molar-refractivity contribution in [3.63, 3.8) is 0 Å². The van der Waals surface area contributed by atoms with Gasteiger partial charge in [-0.05, 0) is 78.1 Å². The summed E-state index contributed by atoms with van der Waals surface area (Å²) in [5, 5.41) is 6.17. The van der Waals surface area contributed by atoms with E-state index in [2.05, 4.69) is 27.4 Å². The molecule has 30 heavy (non-hydrogen) atoms. The van der Waals surface area contributed by atoms with Crippen molar-refractivity contribution in [2.24, 2.45) is 0 Å². The SMILES string of the molecule is COc1cccc(CCCCNC(=O)c2sccc2Cc2ccnc3[nH]ccc23)c1. The molecule has 0 fully saturated rings. The molecule has 2 N–H and O–H groups in total. The fourth-order valence-corrected chi connectivity index (χ4v) is 4.46. The molecule has 6 heteroatoms. The van der Waals surface area contributed by atoms with Crippen LogP contribution in [-0.2, 0) is 12.8 Å². The Morgan fingerprint density at radius 2 is 2.10 bits per heavy atom. The van der Waals surface area contributed by atoms with Gasteiger partial charge >= 0.3 is 0 Å². The van der Waals surface area contributed by atoms with E-state index >= 15 is 0 Å². The monoisotopic (exact) mass is 419 g/mol. The second kappa shape index (κ2) is 9.59. The molecule has 0 aliphatic carbocycles. The predicted octanol–water partition coefficient (Wildman–Crippen LogP) is 4.98. The third kappa shape index (κ3) is 4.71. The highest BCUT2D eigenvalue weighted by Crippen LogP contribution is 2.24. The maximum atomic E-state index is 12.7. The van der Waals surface area contributed by atoms with Crippen molar-refractivity contribution < 1.29 is 9.53 Å². The van der Waals surface area contributed by atoms with E-state index in [1.54, 1.807) is 7.11 Å². The highest BCUT2D eigenvalue weighted by molar-refractivity contribution is 7.12. The Morgan fingerprint density at radius 1 is 1.17 bits per heavy atom. The molecule has 5 nitrogen and oxygen atoms in total. The minimum absolute atomic E-state index is 0.0146. The van der Waals surface area contributed by atoms with E-state index in [0.717, 1.165) is 52.9 Å². The number of pyridine rings is 1. The summed E-state index contributed by atoms with van der Waals surface area (Å²) in [4.78, 5) is 21.0. The smallest absolute Gasteiger partial charge is 0.261 e. The highest BCUT2D eigenvalue weighted by Gasteiger charge is 2.14. The predicted molar refractivity (Wildman–Crippen MR) is 121 cm³/mol. The number of hydrogen-bond donors (Lipinski definition) is 2. The average Bonchev–Trinajstić information content (AvgIpc) is 3.43. The molecule has 0 spiro atoms. The van der Waals surface area contributed by atoms with Crippen molar-refractivity contribution in [1.82, 2.24) is 15.3 Å². The fraction of sp³-hybridized carbons (Fsp3) is 0.250. The van der Waals surface area contributed by atoms with Crippen molar-refractivity contribution in [2.75, 3.05) is 13.7 Å². The lowest BCUT2D eigenvalue weighted by molar-refractivity contribution is 0.0956. The zero-order valence-electron chi connectivity index (χ0n) is 17.0. The number of thiophene rings is 1. The zero-order chi connectivity index (χ0) is 20.8. The molecular formula is C24H25N3O2S. The number of amides is 1. The van der Waals surface area contributed by atoms with Crippen LogP contribution >= 0.6 is 11.3 Å². The summed E-state index contributed by atoms with van der Waals surface area (Å²) in [5.41, 5.74) is 4.37. The summed E-state index contributed by atoms with van der Waals surface area (Å²) in [6.45, 7) is 0.678. The molecule has 4 aromatic rings. The van der Waals surface area contributed by atoms with E-state index in [0.29, 0.717) is 6.54 Å². The molecule has 3 heterocycles. The van der Waals surface area contributed by atoms with Crippen molar-refractivity contribution in [3.05, 3.63) is 81.8 Å². The van der Waals surface area contributed by atoms with Crippen LogP contribution in [0.3, 0.4) is 0 Å². The van der Waals surface area contributed by atoms with E-state index in [1.807, 2.05) is 48.1 Å². The molecule has 0 aliphatic rings. The van der Waals surface area contributed by atoms with Gasteiger partial charge in [0.25, 0.3) is 5.91 Å². The Bertz CT molecular complexity index is 1130. The number of nitrogens with one attached hydrogen (secondary N) is 2. The van der Waals surface area contributed by atoms with Crippen molar-refractivity contribution in [2.45, 2.75) is 25.7 Å². The zero-order valence-corrected chi connectivity index (χ0v) is 17.8. The molecule has 0 saturated heterocycles. The normalized spacial score (nSPS) is 11.0. The van der Waals surface area contributed by atoms with Gasteiger partial charge in [0.2, 0.25) is 0 Å². The Labute approximate surface area is 180 Å². The van der Waals surface area contributed by atoms with Crippen LogP contribution in [-0.4, -0.2) is 29.5 Å². The lowest BCUT2D eigenvalue weighted by Crippen LogP contribution is -2.24. The number of carbonyl (C=O) groups is 1. The number of rotatable bonds is 9. The largest absolute Gasteiger partial charge is 0.497 e. The molecule has 154 valence electrons. The second-order valence-corrected chi connectivity index (χ2v) is 8.14. The topological polar surface area (TPSA) is 67.0 Å². The Morgan fingerprint density at radius 3 is 3.00 bits per heavy atom. The Hall–Kier alpha value is -3.12. The van der Waals surface area contributed by atoms with Crippen LogP contribution in [0.5, 0.6) is 5.75 Å². The number of fused-ring (bicyclic) bond motifs is 1. The summed E-state index contributed by atoms with van der Waals surface area (Å²) < 4.78 is 5.27. The van der Waals surface area contributed by atoms with E-state index in [9.17, 15) is 4.79 Å². The van der Waals surface area contributed by atoms with Crippen LogP contribution in [0.1, 0.15) is 39.2 Å². The molecule has 0 aliphatic heterocycles. The van der Waals surface area contributed by atoms with Crippen LogP contribution in [0.25, 0.3) is 11.0 Å². The first-order valence-electron chi connectivity index (χ1n) is 10.1. The van der Waals surface area contributed by atoms with Crippen LogP contribution in [0, 0.1) is 0 Å². The number of H-pyrrole nitrogens is 1. The molecule has 0 atom stereocenters. The molecular weight excluding hydrogens is 394 g/mol. The summed E-state index contributed by atoms with van der Waals surface area (Å²) in [6, 6.07) is 14.2. The molecule has 0 radical (unpaired) electrons. The number of aryl methyl sites for hydroxylation is 1. The number of carbonyl (C=O) groups excluding carboxylic acids is 1. The van der Waals surface area contributed by atoms with Gasteiger partial charge < -0.3 is 15.0 Å². The first-order chi connectivity index (χ1) is 14.7. The molecule has 3 aromatic heterocycles. The molecule has 0 bridgehead atoms. The van der Waals surface area contributed by atoms with Gasteiger partial charge in [-0.25, -0.2) is 4.98 Å². The van der Waals surface area contributed by atoms with Crippen molar-refractivity contribution in [1.29, 1.82) is 0 Å². The van der Waals surface area contributed by atoms with Crippen LogP contribution < -0.4 is 10.1 Å². The van der Waals surface area contributed by atoms with Crippen molar-refractivity contribution in [3.8, 4) is 5.75 Å². The minimum atomic E-state index is 0.0146. The quantitative estimate of drug-likeness (QED) is 0.376. The number of unbranched alkanes of at least 4 members (excludes halogenated alkanes) is 1. The van der Waals surface area contributed by atoms with Crippen molar-refractivity contribution >= 4 is 28.3 Å². The third-order valence-electron chi connectivity index (χ3n) is 5.20. The number of benzene rings is 1. The maximum Gasteiger partial charge on any atom is 0.261 e. The van der Waals surface area contributed by atoms with E-state index in [-0.39, 0.29) is 5.91 Å². The van der Waals surface area contributed by atoms with Gasteiger partial charge in [0.05, 0.1) is 12.0 Å².